The normalized spacial score (nSPS) is 16.1. The number of hydrogen-bond donors (Lipinski definition) is 2. The lowest BCUT2D eigenvalue weighted by Crippen LogP contribution is -2.37. The van der Waals surface area contributed by atoms with Crippen LogP contribution in [0.15, 0.2) is 66.2 Å². The number of benzene rings is 3. The summed E-state index contributed by atoms with van der Waals surface area (Å²) in [6.45, 7) is 1.97. The number of hydrogen-bond acceptors (Lipinski definition) is 4. The highest BCUT2D eigenvalue weighted by Gasteiger charge is 2.36. The van der Waals surface area contributed by atoms with Gasteiger partial charge in [-0.25, -0.2) is 0 Å². The Hall–Kier alpha value is -2.41. The van der Waals surface area contributed by atoms with Gasteiger partial charge < -0.3 is 20.1 Å². The van der Waals surface area contributed by atoms with Gasteiger partial charge in [-0.05, 0) is 78.8 Å². The second-order valence-electron chi connectivity index (χ2n) is 9.59. The smallest absolute Gasteiger partial charge is 0.249 e. The van der Waals surface area contributed by atoms with Gasteiger partial charge >= 0.3 is 0 Å². The van der Waals surface area contributed by atoms with E-state index < -0.39 is 0 Å². The van der Waals surface area contributed by atoms with Crippen LogP contribution in [0.4, 0.5) is 0 Å². The fraction of sp³-hybridized carbons (Fsp3) is 0.300. The van der Waals surface area contributed by atoms with Crippen molar-refractivity contribution in [1.29, 1.82) is 0 Å². The minimum absolute atomic E-state index is 0.0812. The summed E-state index contributed by atoms with van der Waals surface area (Å²) >= 11 is 25.0. The summed E-state index contributed by atoms with van der Waals surface area (Å²) in [7, 11) is 0. The monoisotopic (exact) mass is 604 g/mol. The SMILES string of the molecule is O=C(NC(c1cccc(Cl)c1Cl)C1CC1)C1=C(c2ccc(OCCOc3cccc(Cl)c3Cl)cc2)CCNC1. The molecule has 0 bridgehead atoms. The van der Waals surface area contributed by atoms with Crippen molar-refractivity contribution in [2.45, 2.75) is 25.3 Å². The second kappa shape index (κ2) is 12.8. The molecule has 1 aliphatic carbocycles. The van der Waals surface area contributed by atoms with E-state index in [-0.39, 0.29) is 11.9 Å². The van der Waals surface area contributed by atoms with Gasteiger partial charge in [-0.3, -0.25) is 4.79 Å². The van der Waals surface area contributed by atoms with Gasteiger partial charge in [0.05, 0.1) is 21.1 Å². The third kappa shape index (κ3) is 6.85. The molecule has 39 heavy (non-hydrogen) atoms. The van der Waals surface area contributed by atoms with E-state index in [2.05, 4.69) is 10.6 Å². The number of carbonyl (C=O) groups is 1. The molecule has 2 aliphatic rings. The highest BCUT2D eigenvalue weighted by molar-refractivity contribution is 6.43. The summed E-state index contributed by atoms with van der Waals surface area (Å²) in [6.07, 6.45) is 2.86. The number of rotatable bonds is 10. The topological polar surface area (TPSA) is 59.6 Å². The quantitative estimate of drug-likeness (QED) is 0.232. The standard InChI is InChI=1S/C30H28Cl4N2O3/c31-24-4-1-3-22(27(24)33)29(19-7-8-19)36-30(37)23-17-35-14-13-21(23)18-9-11-20(12-10-18)38-15-16-39-26-6-2-5-25(32)28(26)34/h1-6,9-12,19,29,35H,7-8,13-17H2,(H,36,37). The summed E-state index contributed by atoms with van der Waals surface area (Å²) in [4.78, 5) is 13.6. The lowest BCUT2D eigenvalue weighted by molar-refractivity contribution is -0.118. The van der Waals surface area contributed by atoms with Gasteiger partial charge in [0.2, 0.25) is 5.91 Å². The number of halogens is 4. The Kier molecular flexibility index (Phi) is 9.26. The van der Waals surface area contributed by atoms with Gasteiger partial charge in [0.1, 0.15) is 29.7 Å². The molecular weight excluding hydrogens is 578 g/mol. The molecule has 0 radical (unpaired) electrons. The predicted octanol–water partition coefficient (Wildman–Crippen LogP) is 7.77. The Morgan fingerprint density at radius 2 is 1.59 bits per heavy atom. The van der Waals surface area contributed by atoms with E-state index in [0.29, 0.717) is 57.3 Å². The van der Waals surface area contributed by atoms with Crippen LogP contribution in [0.5, 0.6) is 11.5 Å². The van der Waals surface area contributed by atoms with Gasteiger partial charge in [0.25, 0.3) is 0 Å². The van der Waals surface area contributed by atoms with Crippen molar-refractivity contribution in [3.8, 4) is 11.5 Å². The number of ether oxygens (including phenoxy) is 2. The van der Waals surface area contributed by atoms with Crippen LogP contribution in [-0.2, 0) is 4.79 Å². The van der Waals surface area contributed by atoms with Crippen molar-refractivity contribution in [2.24, 2.45) is 5.92 Å². The van der Waals surface area contributed by atoms with E-state index in [0.717, 1.165) is 48.1 Å². The lowest BCUT2D eigenvalue weighted by atomic mass is 9.93. The Morgan fingerprint density at radius 3 is 2.33 bits per heavy atom. The summed E-state index contributed by atoms with van der Waals surface area (Å²) in [5, 5.41) is 8.43. The van der Waals surface area contributed by atoms with Crippen LogP contribution in [0.25, 0.3) is 5.57 Å². The van der Waals surface area contributed by atoms with Crippen molar-refractivity contribution in [2.75, 3.05) is 26.3 Å². The molecule has 3 aromatic carbocycles. The van der Waals surface area contributed by atoms with Crippen LogP contribution < -0.4 is 20.1 Å². The first-order valence-corrected chi connectivity index (χ1v) is 14.4. The van der Waals surface area contributed by atoms with Gasteiger partial charge in [0.15, 0.2) is 0 Å². The largest absolute Gasteiger partial charge is 0.490 e. The van der Waals surface area contributed by atoms with Crippen LogP contribution in [0.3, 0.4) is 0 Å². The van der Waals surface area contributed by atoms with Crippen molar-refractivity contribution >= 4 is 57.9 Å². The maximum Gasteiger partial charge on any atom is 0.249 e. The van der Waals surface area contributed by atoms with Crippen molar-refractivity contribution in [3.63, 3.8) is 0 Å². The minimum atomic E-state index is -0.167. The third-order valence-electron chi connectivity index (χ3n) is 6.92. The molecule has 1 atom stereocenters. The average Bonchev–Trinajstić information content (AvgIpc) is 3.79. The van der Waals surface area contributed by atoms with Crippen LogP contribution >= 0.6 is 46.4 Å². The van der Waals surface area contributed by atoms with E-state index in [1.54, 1.807) is 24.3 Å². The Labute approximate surface area is 248 Å². The van der Waals surface area contributed by atoms with Crippen LogP contribution in [0, 0.1) is 5.92 Å². The van der Waals surface area contributed by atoms with Gasteiger partial charge in [-0.2, -0.15) is 0 Å². The van der Waals surface area contributed by atoms with Gasteiger partial charge in [-0.1, -0.05) is 76.7 Å². The molecule has 204 valence electrons. The molecule has 1 heterocycles. The van der Waals surface area contributed by atoms with E-state index >= 15 is 0 Å². The van der Waals surface area contributed by atoms with E-state index in [1.807, 2.05) is 36.4 Å². The molecule has 5 nitrogen and oxygen atoms in total. The molecular formula is C30H28Cl4N2O3. The van der Waals surface area contributed by atoms with Crippen molar-refractivity contribution < 1.29 is 14.3 Å². The first-order valence-electron chi connectivity index (χ1n) is 12.9. The maximum absolute atomic E-state index is 13.6. The Morgan fingerprint density at radius 1 is 0.897 bits per heavy atom. The molecule has 0 aromatic heterocycles. The molecule has 9 heteroatoms. The molecule has 0 spiro atoms. The van der Waals surface area contributed by atoms with E-state index in [4.69, 9.17) is 55.9 Å². The third-order valence-corrected chi connectivity index (χ3v) is 8.55. The minimum Gasteiger partial charge on any atom is -0.490 e. The van der Waals surface area contributed by atoms with Crippen molar-refractivity contribution in [3.05, 3.63) is 97.5 Å². The molecule has 1 unspecified atom stereocenters. The Bertz CT molecular complexity index is 1370. The van der Waals surface area contributed by atoms with Gasteiger partial charge in [0, 0.05) is 12.1 Å². The predicted molar refractivity (Wildman–Crippen MR) is 158 cm³/mol. The van der Waals surface area contributed by atoms with E-state index in [1.165, 1.54) is 0 Å². The molecule has 1 saturated carbocycles. The molecule has 3 aromatic rings. The summed E-state index contributed by atoms with van der Waals surface area (Å²) in [6, 6.07) is 18.5. The first-order chi connectivity index (χ1) is 18.9. The highest BCUT2D eigenvalue weighted by atomic mass is 35.5. The fourth-order valence-electron chi connectivity index (χ4n) is 4.75. The summed E-state index contributed by atoms with van der Waals surface area (Å²) < 4.78 is 11.5. The zero-order valence-electron chi connectivity index (χ0n) is 21.1. The molecule has 0 saturated heterocycles. The van der Waals surface area contributed by atoms with Crippen LogP contribution in [0.1, 0.15) is 36.4 Å². The molecule has 1 amide bonds. The van der Waals surface area contributed by atoms with Gasteiger partial charge in [-0.15, -0.1) is 0 Å². The summed E-state index contributed by atoms with van der Waals surface area (Å²) in [5.74, 6) is 1.51. The Balaban J connectivity index is 1.25. The van der Waals surface area contributed by atoms with E-state index in [9.17, 15) is 4.79 Å². The summed E-state index contributed by atoms with van der Waals surface area (Å²) in [5.41, 5.74) is 3.64. The molecule has 1 fully saturated rings. The highest BCUT2D eigenvalue weighted by Crippen LogP contribution is 2.44. The van der Waals surface area contributed by atoms with Crippen LogP contribution in [0.2, 0.25) is 20.1 Å². The number of carbonyl (C=O) groups excluding carboxylic acids is 1. The molecule has 2 N–H and O–H groups in total. The zero-order chi connectivity index (χ0) is 27.4. The van der Waals surface area contributed by atoms with Crippen LogP contribution in [-0.4, -0.2) is 32.2 Å². The molecule has 5 rings (SSSR count). The molecule has 1 aliphatic heterocycles. The fourth-order valence-corrected chi connectivity index (χ4v) is 5.52. The lowest BCUT2D eigenvalue weighted by Gasteiger charge is -2.25. The average molecular weight is 606 g/mol. The first kappa shape index (κ1) is 28.1. The number of amides is 1. The van der Waals surface area contributed by atoms with Crippen molar-refractivity contribution in [1.82, 2.24) is 10.6 Å². The number of nitrogens with one attached hydrogen (secondary N) is 2. The second-order valence-corrected chi connectivity index (χ2v) is 11.2. The zero-order valence-corrected chi connectivity index (χ0v) is 24.1. The maximum atomic E-state index is 13.6.